The predicted molar refractivity (Wildman–Crippen MR) is 147 cm³/mol. The fraction of sp³-hybridized carbons (Fsp3) is 0.300. The van der Waals surface area contributed by atoms with Crippen LogP contribution in [-0.2, 0) is 11.2 Å². The zero-order chi connectivity index (χ0) is 28.1. The molecule has 39 heavy (non-hydrogen) atoms. The Bertz CT molecular complexity index is 1990. The number of carbonyl (C=O) groups is 1. The lowest BCUT2D eigenvalue weighted by molar-refractivity contribution is -0.124. The monoisotopic (exact) mass is 530 g/mol. The number of rotatable bonds is 5. The molecule has 0 spiro atoms. The summed E-state index contributed by atoms with van der Waals surface area (Å²) in [5.41, 5.74) is -2.08. The zero-order valence-corrected chi connectivity index (χ0v) is 22.3. The maximum atomic E-state index is 13.9. The van der Waals surface area contributed by atoms with Crippen molar-refractivity contribution in [1.29, 1.82) is 0 Å². The van der Waals surface area contributed by atoms with Gasteiger partial charge in [0.15, 0.2) is 22.7 Å². The number of ketones is 1. The molecule has 2 N–H and O–H groups in total. The van der Waals surface area contributed by atoms with Gasteiger partial charge in [0.05, 0.1) is 45.3 Å². The van der Waals surface area contributed by atoms with Crippen LogP contribution in [0.2, 0.25) is 0 Å². The highest BCUT2D eigenvalue weighted by Gasteiger charge is 2.45. The Morgan fingerprint density at radius 2 is 1.49 bits per heavy atom. The number of hydrogen-bond acceptors (Lipinski definition) is 9. The summed E-state index contributed by atoms with van der Waals surface area (Å²) < 4.78 is 22.7. The zero-order valence-electron chi connectivity index (χ0n) is 22.3. The van der Waals surface area contributed by atoms with Crippen LogP contribution in [0.25, 0.3) is 43.1 Å². The number of methoxy groups -OCH3 is 4. The smallest absolute Gasteiger partial charge is 0.228 e. The SMILES string of the molecule is COc1c(O)c2c(=O)cc(OC)c3c4c(OC)ccc5c(=O)c(OC)c6c(c(c1C[C@@](C)(O)[C@H]6C(C)=O)c23)c54. The first-order valence-electron chi connectivity index (χ1n) is 12.3. The second-order valence-corrected chi connectivity index (χ2v) is 10.2. The van der Waals surface area contributed by atoms with Gasteiger partial charge < -0.3 is 29.2 Å². The maximum absolute atomic E-state index is 13.9. The van der Waals surface area contributed by atoms with E-state index in [-0.39, 0.29) is 46.2 Å². The Kier molecular flexibility index (Phi) is 5.16. The standard InChI is InChI=1S/C30H26O9/c1-11(31)25-24-22-17-12(26(33)29(24)39-6)7-8-15(36-3)20(17)21-16(37-4)9-14(32)19-23(21)18(22)13(10-30(25,2)35)28(38-5)27(19)34/h7-9,25,34-35H,10H2,1-6H3/t25-,30+/m0/s1. The van der Waals surface area contributed by atoms with Crippen molar-refractivity contribution >= 4 is 48.9 Å². The second kappa shape index (κ2) is 8.07. The quantitative estimate of drug-likeness (QED) is 0.259. The minimum Gasteiger partial charge on any atom is -0.504 e. The molecule has 6 rings (SSSR count). The molecule has 0 fully saturated rings. The summed E-state index contributed by atoms with van der Waals surface area (Å²) in [4.78, 5) is 40.7. The van der Waals surface area contributed by atoms with Crippen molar-refractivity contribution in [2.45, 2.75) is 31.8 Å². The van der Waals surface area contributed by atoms with Crippen LogP contribution in [-0.4, -0.2) is 50.0 Å². The normalized spacial score (nSPS) is 18.8. The number of phenolic OH excluding ortho intramolecular Hbond substituents is 1. The van der Waals surface area contributed by atoms with Gasteiger partial charge in [-0.15, -0.1) is 0 Å². The van der Waals surface area contributed by atoms with Gasteiger partial charge in [-0.1, -0.05) is 0 Å². The third-order valence-electron chi connectivity index (χ3n) is 8.11. The number of fused-ring (bicyclic) bond motifs is 1. The Labute approximate surface area is 221 Å². The van der Waals surface area contributed by atoms with Gasteiger partial charge in [0.25, 0.3) is 0 Å². The van der Waals surface area contributed by atoms with Crippen LogP contribution in [0.15, 0.2) is 27.8 Å². The number of benzene rings is 5. The molecule has 1 aliphatic carbocycles. The Hall–Kier alpha value is -4.37. The van der Waals surface area contributed by atoms with E-state index in [1.165, 1.54) is 48.4 Å². The number of ether oxygens (including phenoxy) is 4. The number of aliphatic hydroxyl groups is 1. The first kappa shape index (κ1) is 24.9. The van der Waals surface area contributed by atoms with E-state index < -0.39 is 22.4 Å². The molecule has 5 aromatic carbocycles. The van der Waals surface area contributed by atoms with E-state index >= 15 is 0 Å². The predicted octanol–water partition coefficient (Wildman–Crippen LogP) is 3.62. The molecule has 0 saturated heterocycles. The van der Waals surface area contributed by atoms with E-state index in [4.69, 9.17) is 18.9 Å². The average Bonchev–Trinajstić information content (AvgIpc) is 2.99. The van der Waals surface area contributed by atoms with Crippen molar-refractivity contribution < 1.29 is 34.0 Å². The summed E-state index contributed by atoms with van der Waals surface area (Å²) in [6.07, 6.45) is -0.128. The molecular formula is C30H26O9. The summed E-state index contributed by atoms with van der Waals surface area (Å²) in [5.74, 6) is -1.40. The number of carbonyl (C=O) groups excluding carboxylic acids is 1. The van der Waals surface area contributed by atoms with Crippen LogP contribution in [0.4, 0.5) is 0 Å². The van der Waals surface area contributed by atoms with Gasteiger partial charge in [0.1, 0.15) is 17.3 Å². The summed E-state index contributed by atoms with van der Waals surface area (Å²) >= 11 is 0. The Balaban J connectivity index is 2.18. The van der Waals surface area contributed by atoms with Crippen LogP contribution in [0.1, 0.15) is 30.9 Å². The molecule has 0 amide bonds. The van der Waals surface area contributed by atoms with E-state index in [0.717, 1.165) is 0 Å². The summed E-state index contributed by atoms with van der Waals surface area (Å²) in [6, 6.07) is 4.55. The number of Topliss-reactive ketones (excluding diaryl/α,β-unsaturated/α-hetero) is 1. The fourth-order valence-electron chi connectivity index (χ4n) is 6.81. The van der Waals surface area contributed by atoms with E-state index in [0.29, 0.717) is 49.0 Å². The second-order valence-electron chi connectivity index (χ2n) is 10.2. The van der Waals surface area contributed by atoms with Crippen LogP contribution >= 0.6 is 0 Å². The highest BCUT2D eigenvalue weighted by molar-refractivity contribution is 6.38. The Morgan fingerprint density at radius 3 is 2.08 bits per heavy atom. The molecule has 0 unspecified atom stereocenters. The molecule has 0 aliphatic heterocycles. The fourth-order valence-corrected chi connectivity index (χ4v) is 6.81. The molecule has 0 bridgehead atoms. The lowest BCUT2D eigenvalue weighted by atomic mass is 9.77. The van der Waals surface area contributed by atoms with Gasteiger partial charge in [-0.05, 0) is 36.8 Å². The van der Waals surface area contributed by atoms with Gasteiger partial charge in [0.2, 0.25) is 5.43 Å². The van der Waals surface area contributed by atoms with Crippen LogP contribution < -0.4 is 29.8 Å². The summed E-state index contributed by atoms with van der Waals surface area (Å²) in [7, 11) is 5.62. The van der Waals surface area contributed by atoms with Crippen molar-refractivity contribution in [2.75, 3.05) is 28.4 Å². The van der Waals surface area contributed by atoms with Crippen LogP contribution in [0.3, 0.4) is 0 Å². The third kappa shape index (κ3) is 2.90. The highest BCUT2D eigenvalue weighted by Crippen LogP contribution is 2.57. The molecule has 0 radical (unpaired) electrons. The van der Waals surface area contributed by atoms with Crippen molar-refractivity contribution in [3.63, 3.8) is 0 Å². The van der Waals surface area contributed by atoms with Crippen molar-refractivity contribution in [1.82, 2.24) is 0 Å². The van der Waals surface area contributed by atoms with Gasteiger partial charge in [0, 0.05) is 50.5 Å². The number of phenols is 1. The minimum atomic E-state index is -1.73. The van der Waals surface area contributed by atoms with E-state index in [1.807, 2.05) is 0 Å². The lowest BCUT2D eigenvalue weighted by Crippen LogP contribution is -2.39. The molecule has 0 saturated carbocycles. The van der Waals surface area contributed by atoms with Crippen molar-refractivity contribution in [3.8, 4) is 28.7 Å². The van der Waals surface area contributed by atoms with Gasteiger partial charge in [-0.3, -0.25) is 14.4 Å². The highest BCUT2D eigenvalue weighted by atomic mass is 16.5. The molecule has 1 aliphatic rings. The van der Waals surface area contributed by atoms with Crippen molar-refractivity contribution in [2.24, 2.45) is 0 Å². The molecule has 2 atom stereocenters. The van der Waals surface area contributed by atoms with E-state index in [1.54, 1.807) is 12.1 Å². The number of aromatic hydroxyl groups is 1. The molecule has 0 heterocycles. The summed E-state index contributed by atoms with van der Waals surface area (Å²) in [6.45, 7) is 2.85. The molecular weight excluding hydrogens is 504 g/mol. The third-order valence-corrected chi connectivity index (χ3v) is 8.11. The first-order valence-corrected chi connectivity index (χ1v) is 12.3. The van der Waals surface area contributed by atoms with E-state index in [2.05, 4.69) is 0 Å². The van der Waals surface area contributed by atoms with Gasteiger partial charge in [-0.2, -0.15) is 0 Å². The van der Waals surface area contributed by atoms with Gasteiger partial charge in [-0.25, -0.2) is 0 Å². The van der Waals surface area contributed by atoms with Crippen molar-refractivity contribution in [3.05, 3.63) is 49.8 Å². The van der Waals surface area contributed by atoms with Crippen LogP contribution in [0.5, 0.6) is 28.7 Å². The molecule has 9 nitrogen and oxygen atoms in total. The van der Waals surface area contributed by atoms with Gasteiger partial charge >= 0.3 is 0 Å². The molecule has 200 valence electrons. The first-order chi connectivity index (χ1) is 18.5. The molecule has 5 aromatic rings. The number of hydrogen-bond donors (Lipinski definition) is 2. The minimum absolute atomic E-state index is 0.00538. The van der Waals surface area contributed by atoms with E-state index in [9.17, 15) is 24.6 Å². The van der Waals surface area contributed by atoms with Crippen LogP contribution in [0, 0.1) is 0 Å². The largest absolute Gasteiger partial charge is 0.504 e. The lowest BCUT2D eigenvalue weighted by Gasteiger charge is -2.31. The topological polar surface area (TPSA) is 129 Å². The molecule has 9 heteroatoms. The Morgan fingerprint density at radius 1 is 0.846 bits per heavy atom. The summed E-state index contributed by atoms with van der Waals surface area (Å²) in [5, 5.41) is 26.3. The molecule has 0 aromatic heterocycles. The maximum Gasteiger partial charge on any atom is 0.228 e. The average molecular weight is 531 g/mol.